The van der Waals surface area contributed by atoms with Crippen LogP contribution in [0.5, 0.6) is 0 Å². The van der Waals surface area contributed by atoms with Gasteiger partial charge in [-0.3, -0.25) is 9.59 Å². The number of hydrogen-bond acceptors (Lipinski definition) is 2. The van der Waals surface area contributed by atoms with Crippen molar-refractivity contribution in [1.82, 2.24) is 4.57 Å². The van der Waals surface area contributed by atoms with Gasteiger partial charge in [0.1, 0.15) is 0 Å². The molecule has 0 fully saturated rings. The van der Waals surface area contributed by atoms with Gasteiger partial charge in [0.25, 0.3) is 5.56 Å². The molecule has 0 bridgehead atoms. The summed E-state index contributed by atoms with van der Waals surface area (Å²) < 4.78 is 1.11. The van der Waals surface area contributed by atoms with Gasteiger partial charge >= 0.3 is 0 Å². The number of aryl methyl sites for hydroxylation is 1. The Kier molecular flexibility index (Phi) is 1.93. The molecule has 3 heteroatoms. The predicted octanol–water partition coefficient (Wildman–Crippen LogP) is 1.35. The Bertz CT molecular complexity index is 555. The zero-order valence-electron chi connectivity index (χ0n) is 7.73. The maximum Gasteiger partial charge on any atom is 0.257 e. The Morgan fingerprint density at radius 1 is 1.29 bits per heavy atom. The molecule has 0 radical (unpaired) electrons. The van der Waals surface area contributed by atoms with E-state index in [1.165, 1.54) is 6.07 Å². The molecule has 0 saturated heterocycles. The number of nitrogens with zero attached hydrogens (tertiary/aromatic N) is 1. The maximum atomic E-state index is 11.4. The second-order valence-electron chi connectivity index (χ2n) is 3.16. The van der Waals surface area contributed by atoms with Crippen LogP contribution in [0.3, 0.4) is 0 Å². The van der Waals surface area contributed by atoms with E-state index in [-0.39, 0.29) is 5.56 Å². The first kappa shape index (κ1) is 8.69. The van der Waals surface area contributed by atoms with Gasteiger partial charge < -0.3 is 0 Å². The van der Waals surface area contributed by atoms with Gasteiger partial charge in [0.15, 0.2) is 0 Å². The van der Waals surface area contributed by atoms with Crippen molar-refractivity contribution in [2.45, 2.75) is 6.92 Å². The van der Waals surface area contributed by atoms with Crippen LogP contribution in [-0.4, -0.2) is 11.0 Å². The zero-order chi connectivity index (χ0) is 10.1. The molecule has 2 aromatic rings. The Labute approximate surface area is 80.6 Å². The molecule has 0 amide bonds. The van der Waals surface area contributed by atoms with Crippen molar-refractivity contribution in [3.05, 3.63) is 46.2 Å². The Hall–Kier alpha value is -1.90. The lowest BCUT2D eigenvalue weighted by atomic mass is 10.1. The van der Waals surface area contributed by atoms with E-state index >= 15 is 0 Å². The molecule has 1 aromatic heterocycles. The molecule has 0 atom stereocenters. The van der Waals surface area contributed by atoms with Crippen molar-refractivity contribution in [3.8, 4) is 0 Å². The standard InChI is InChI=1S/C11H9NO2/c1-8-6-11(14)12(7-13)10-5-3-2-4-9(8)10/h2-7H,1H3. The third-order valence-corrected chi connectivity index (χ3v) is 2.27. The fourth-order valence-corrected chi connectivity index (χ4v) is 1.58. The molecule has 3 nitrogen and oxygen atoms in total. The number of carbonyl (C=O) groups excluding carboxylic acids is 1. The first-order chi connectivity index (χ1) is 6.74. The minimum atomic E-state index is -0.281. The van der Waals surface area contributed by atoms with Crippen LogP contribution < -0.4 is 5.56 Å². The molecule has 0 saturated carbocycles. The van der Waals surface area contributed by atoms with E-state index in [9.17, 15) is 9.59 Å². The lowest BCUT2D eigenvalue weighted by Crippen LogP contribution is -2.19. The van der Waals surface area contributed by atoms with Gasteiger partial charge in [-0.2, -0.15) is 0 Å². The highest BCUT2D eigenvalue weighted by atomic mass is 16.2. The summed E-state index contributed by atoms with van der Waals surface area (Å²) in [6.45, 7) is 1.86. The van der Waals surface area contributed by atoms with Crippen LogP contribution in [0.15, 0.2) is 35.1 Å². The van der Waals surface area contributed by atoms with Gasteiger partial charge in [0.2, 0.25) is 6.41 Å². The van der Waals surface area contributed by atoms with Gasteiger partial charge in [-0.05, 0) is 18.6 Å². The molecule has 1 aromatic carbocycles. The number of fused-ring (bicyclic) bond motifs is 1. The second-order valence-corrected chi connectivity index (χ2v) is 3.16. The van der Waals surface area contributed by atoms with E-state index in [1.807, 2.05) is 19.1 Å². The minimum absolute atomic E-state index is 0.281. The normalized spacial score (nSPS) is 10.4. The van der Waals surface area contributed by atoms with Crippen molar-refractivity contribution < 1.29 is 4.79 Å². The second kappa shape index (κ2) is 3.10. The average Bonchev–Trinajstić information content (AvgIpc) is 2.18. The number of rotatable bonds is 1. The molecule has 0 unspecified atom stereocenters. The van der Waals surface area contributed by atoms with E-state index in [1.54, 1.807) is 12.1 Å². The van der Waals surface area contributed by atoms with Crippen LogP contribution in [0.1, 0.15) is 5.56 Å². The summed E-state index contributed by atoms with van der Waals surface area (Å²) in [7, 11) is 0. The number of para-hydroxylation sites is 1. The van der Waals surface area contributed by atoms with Crippen molar-refractivity contribution >= 4 is 17.3 Å². The van der Waals surface area contributed by atoms with Gasteiger partial charge in [-0.25, -0.2) is 4.57 Å². The van der Waals surface area contributed by atoms with Crippen LogP contribution in [0.4, 0.5) is 0 Å². The SMILES string of the molecule is Cc1cc(=O)n(C=O)c2ccccc12. The molecule has 0 aliphatic rings. The molecule has 0 aliphatic heterocycles. The average molecular weight is 187 g/mol. The van der Waals surface area contributed by atoms with E-state index < -0.39 is 0 Å². The van der Waals surface area contributed by atoms with E-state index in [0.717, 1.165) is 15.5 Å². The summed E-state index contributed by atoms with van der Waals surface area (Å²) in [6.07, 6.45) is 0.546. The molecule has 0 spiro atoms. The van der Waals surface area contributed by atoms with Crippen LogP contribution in [0.2, 0.25) is 0 Å². The van der Waals surface area contributed by atoms with E-state index in [0.29, 0.717) is 11.9 Å². The Balaban J connectivity index is 3.05. The van der Waals surface area contributed by atoms with Crippen LogP contribution in [0.25, 0.3) is 10.9 Å². The third kappa shape index (κ3) is 1.14. The Morgan fingerprint density at radius 2 is 2.00 bits per heavy atom. The Morgan fingerprint density at radius 3 is 2.71 bits per heavy atom. The first-order valence-corrected chi connectivity index (χ1v) is 4.30. The number of pyridine rings is 1. The lowest BCUT2D eigenvalue weighted by Gasteiger charge is -2.04. The monoisotopic (exact) mass is 187 g/mol. The molecule has 14 heavy (non-hydrogen) atoms. The molecule has 0 aliphatic carbocycles. The smallest absolute Gasteiger partial charge is 0.257 e. The molecule has 70 valence electrons. The van der Waals surface area contributed by atoms with Crippen LogP contribution in [0, 0.1) is 6.92 Å². The molecular weight excluding hydrogens is 178 g/mol. The fraction of sp³-hybridized carbons (Fsp3) is 0.0909. The summed E-state index contributed by atoms with van der Waals surface area (Å²) in [6, 6.07) is 8.81. The van der Waals surface area contributed by atoms with Crippen molar-refractivity contribution in [1.29, 1.82) is 0 Å². The summed E-state index contributed by atoms with van der Waals surface area (Å²) in [5.74, 6) is 0. The van der Waals surface area contributed by atoms with E-state index in [2.05, 4.69) is 0 Å². The topological polar surface area (TPSA) is 39.1 Å². The van der Waals surface area contributed by atoms with Crippen molar-refractivity contribution in [3.63, 3.8) is 0 Å². The van der Waals surface area contributed by atoms with Gasteiger partial charge in [0, 0.05) is 11.5 Å². The highest BCUT2D eigenvalue weighted by Gasteiger charge is 2.03. The highest BCUT2D eigenvalue weighted by Crippen LogP contribution is 2.14. The minimum Gasteiger partial charge on any atom is -0.278 e. The highest BCUT2D eigenvalue weighted by molar-refractivity contribution is 5.86. The third-order valence-electron chi connectivity index (χ3n) is 2.27. The van der Waals surface area contributed by atoms with Gasteiger partial charge in [-0.1, -0.05) is 18.2 Å². The van der Waals surface area contributed by atoms with Gasteiger partial charge in [-0.15, -0.1) is 0 Å². The molecular formula is C11H9NO2. The molecule has 2 rings (SSSR count). The number of benzene rings is 1. The largest absolute Gasteiger partial charge is 0.278 e. The molecule has 0 N–H and O–H groups in total. The molecule has 1 heterocycles. The van der Waals surface area contributed by atoms with Crippen molar-refractivity contribution in [2.75, 3.05) is 0 Å². The summed E-state index contributed by atoms with van der Waals surface area (Å²) in [4.78, 5) is 22.1. The van der Waals surface area contributed by atoms with Crippen molar-refractivity contribution in [2.24, 2.45) is 0 Å². The number of aromatic nitrogens is 1. The summed E-state index contributed by atoms with van der Waals surface area (Å²) >= 11 is 0. The van der Waals surface area contributed by atoms with Crippen LogP contribution >= 0.6 is 0 Å². The quantitative estimate of drug-likeness (QED) is 0.632. The lowest BCUT2D eigenvalue weighted by molar-refractivity contribution is 0.547. The predicted molar refractivity (Wildman–Crippen MR) is 55.1 cm³/mol. The fourth-order valence-electron chi connectivity index (χ4n) is 1.58. The number of hydrogen-bond donors (Lipinski definition) is 0. The van der Waals surface area contributed by atoms with Crippen LogP contribution in [-0.2, 0) is 4.79 Å². The number of carbonyl (C=O) groups is 1. The zero-order valence-corrected chi connectivity index (χ0v) is 7.73. The maximum absolute atomic E-state index is 11.4. The van der Waals surface area contributed by atoms with E-state index in [4.69, 9.17) is 0 Å². The van der Waals surface area contributed by atoms with Gasteiger partial charge in [0.05, 0.1) is 5.52 Å². The summed E-state index contributed by atoms with van der Waals surface area (Å²) in [5.41, 5.74) is 1.27. The first-order valence-electron chi connectivity index (χ1n) is 4.30. The summed E-state index contributed by atoms with van der Waals surface area (Å²) in [5, 5.41) is 0.930.